The standard InChI is InChI=1S/C22H28N2/c1-15-9-17(3)21(18(4)10-15)13-23-7-8-24-14-22-19(5)11-16(2)12-20(22)6/h9-14H,7-8H2,1-6H3. The van der Waals surface area contributed by atoms with Crippen molar-refractivity contribution in [2.45, 2.75) is 41.5 Å². The van der Waals surface area contributed by atoms with Gasteiger partial charge in [-0.15, -0.1) is 0 Å². The van der Waals surface area contributed by atoms with Crippen molar-refractivity contribution >= 4 is 12.4 Å². The third-order valence-electron chi connectivity index (χ3n) is 4.28. The predicted molar refractivity (Wildman–Crippen MR) is 106 cm³/mol. The summed E-state index contributed by atoms with van der Waals surface area (Å²) in [5.41, 5.74) is 10.2. The van der Waals surface area contributed by atoms with Crippen LogP contribution in [0.25, 0.3) is 0 Å². The van der Waals surface area contributed by atoms with Gasteiger partial charge < -0.3 is 0 Å². The minimum atomic E-state index is 0.715. The second-order valence-corrected chi connectivity index (χ2v) is 6.70. The van der Waals surface area contributed by atoms with Gasteiger partial charge in [-0.2, -0.15) is 0 Å². The Morgan fingerprint density at radius 1 is 0.583 bits per heavy atom. The van der Waals surface area contributed by atoms with E-state index in [1.54, 1.807) is 0 Å². The number of hydrogen-bond acceptors (Lipinski definition) is 2. The highest BCUT2D eigenvalue weighted by molar-refractivity contribution is 5.84. The molecule has 2 aromatic carbocycles. The molecule has 126 valence electrons. The summed E-state index contributed by atoms with van der Waals surface area (Å²) >= 11 is 0. The lowest BCUT2D eigenvalue weighted by Crippen LogP contribution is -1.97. The summed E-state index contributed by atoms with van der Waals surface area (Å²) < 4.78 is 0. The maximum absolute atomic E-state index is 4.54. The molecule has 0 unspecified atom stereocenters. The zero-order valence-corrected chi connectivity index (χ0v) is 15.8. The minimum Gasteiger partial charge on any atom is -0.291 e. The fourth-order valence-corrected chi connectivity index (χ4v) is 3.22. The molecule has 0 spiro atoms. The van der Waals surface area contributed by atoms with Crippen molar-refractivity contribution in [3.63, 3.8) is 0 Å². The van der Waals surface area contributed by atoms with Gasteiger partial charge in [0.15, 0.2) is 0 Å². The van der Waals surface area contributed by atoms with Gasteiger partial charge in [-0.05, 0) is 74.9 Å². The highest BCUT2D eigenvalue weighted by Crippen LogP contribution is 2.15. The molecule has 0 radical (unpaired) electrons. The highest BCUT2D eigenvalue weighted by Gasteiger charge is 2.01. The summed E-state index contributed by atoms with van der Waals surface area (Å²) in [5.74, 6) is 0. The molecular formula is C22H28N2. The molecule has 0 heterocycles. The molecule has 0 aliphatic carbocycles. The summed E-state index contributed by atoms with van der Waals surface area (Å²) in [5, 5.41) is 0. The number of benzene rings is 2. The van der Waals surface area contributed by atoms with Crippen molar-refractivity contribution in [2.75, 3.05) is 13.1 Å². The van der Waals surface area contributed by atoms with Gasteiger partial charge in [0.2, 0.25) is 0 Å². The fourth-order valence-electron chi connectivity index (χ4n) is 3.22. The van der Waals surface area contributed by atoms with Crippen LogP contribution in [0, 0.1) is 41.5 Å². The van der Waals surface area contributed by atoms with Crippen molar-refractivity contribution in [2.24, 2.45) is 9.98 Å². The van der Waals surface area contributed by atoms with Crippen LogP contribution in [-0.2, 0) is 0 Å². The number of rotatable bonds is 5. The van der Waals surface area contributed by atoms with E-state index in [-0.39, 0.29) is 0 Å². The molecule has 0 fully saturated rings. The van der Waals surface area contributed by atoms with E-state index in [9.17, 15) is 0 Å². The van der Waals surface area contributed by atoms with Crippen molar-refractivity contribution < 1.29 is 0 Å². The van der Waals surface area contributed by atoms with E-state index in [0.29, 0.717) is 13.1 Å². The maximum Gasteiger partial charge on any atom is 0.0585 e. The second kappa shape index (κ2) is 8.05. The summed E-state index contributed by atoms with van der Waals surface area (Å²) in [6, 6.07) is 8.82. The van der Waals surface area contributed by atoms with Crippen LogP contribution in [0.1, 0.15) is 44.5 Å². The minimum absolute atomic E-state index is 0.715. The molecule has 0 saturated heterocycles. The van der Waals surface area contributed by atoms with Crippen LogP contribution in [0.15, 0.2) is 34.3 Å². The van der Waals surface area contributed by atoms with E-state index in [1.165, 1.54) is 44.5 Å². The van der Waals surface area contributed by atoms with Gasteiger partial charge in [-0.3, -0.25) is 9.98 Å². The first-order chi connectivity index (χ1) is 11.4. The highest BCUT2D eigenvalue weighted by atomic mass is 14.8. The molecule has 2 rings (SSSR count). The van der Waals surface area contributed by atoms with Gasteiger partial charge in [0.25, 0.3) is 0 Å². The Labute approximate surface area is 146 Å². The van der Waals surface area contributed by atoms with Gasteiger partial charge in [-0.1, -0.05) is 35.4 Å². The summed E-state index contributed by atoms with van der Waals surface area (Å²) in [6.45, 7) is 14.3. The monoisotopic (exact) mass is 320 g/mol. The lowest BCUT2D eigenvalue weighted by atomic mass is 10.0. The third-order valence-corrected chi connectivity index (χ3v) is 4.28. The average molecular weight is 320 g/mol. The van der Waals surface area contributed by atoms with Crippen LogP contribution in [0.2, 0.25) is 0 Å². The zero-order chi connectivity index (χ0) is 17.7. The SMILES string of the molecule is Cc1cc(C)c(C=NCCN=Cc2c(C)cc(C)cc2C)c(C)c1. The van der Waals surface area contributed by atoms with Crippen molar-refractivity contribution in [1.82, 2.24) is 0 Å². The molecular weight excluding hydrogens is 292 g/mol. The third kappa shape index (κ3) is 4.64. The molecule has 0 N–H and O–H groups in total. The molecule has 2 aromatic rings. The van der Waals surface area contributed by atoms with Crippen LogP contribution in [0.3, 0.4) is 0 Å². The summed E-state index contributed by atoms with van der Waals surface area (Å²) in [6.07, 6.45) is 3.98. The number of nitrogens with zero attached hydrogens (tertiary/aromatic N) is 2. The van der Waals surface area contributed by atoms with Gasteiger partial charge >= 0.3 is 0 Å². The van der Waals surface area contributed by atoms with E-state index in [0.717, 1.165) is 0 Å². The first-order valence-corrected chi connectivity index (χ1v) is 8.54. The van der Waals surface area contributed by atoms with Crippen molar-refractivity contribution in [1.29, 1.82) is 0 Å². The average Bonchev–Trinajstić information content (AvgIpc) is 2.46. The molecule has 0 saturated carbocycles. The van der Waals surface area contributed by atoms with E-state index in [1.807, 2.05) is 12.4 Å². The summed E-state index contributed by atoms with van der Waals surface area (Å²) in [4.78, 5) is 9.09. The van der Waals surface area contributed by atoms with E-state index in [4.69, 9.17) is 0 Å². The second-order valence-electron chi connectivity index (χ2n) is 6.70. The molecule has 0 amide bonds. The van der Waals surface area contributed by atoms with Crippen LogP contribution >= 0.6 is 0 Å². The molecule has 2 nitrogen and oxygen atoms in total. The van der Waals surface area contributed by atoms with Crippen LogP contribution in [0.4, 0.5) is 0 Å². The Balaban J connectivity index is 1.96. The Bertz CT molecular complexity index is 669. The molecule has 24 heavy (non-hydrogen) atoms. The number of aliphatic imine (C=N–C) groups is 2. The smallest absolute Gasteiger partial charge is 0.0585 e. The van der Waals surface area contributed by atoms with E-state index >= 15 is 0 Å². The maximum atomic E-state index is 4.54. The molecule has 0 bridgehead atoms. The van der Waals surface area contributed by atoms with Gasteiger partial charge in [-0.25, -0.2) is 0 Å². The number of hydrogen-bond donors (Lipinski definition) is 0. The molecule has 0 aliphatic rings. The summed E-state index contributed by atoms with van der Waals surface area (Å²) in [7, 11) is 0. The largest absolute Gasteiger partial charge is 0.291 e. The Morgan fingerprint density at radius 2 is 0.875 bits per heavy atom. The Hall–Kier alpha value is -2.22. The van der Waals surface area contributed by atoms with Crippen molar-refractivity contribution in [3.8, 4) is 0 Å². The number of aryl methyl sites for hydroxylation is 6. The molecule has 2 heteroatoms. The van der Waals surface area contributed by atoms with Crippen molar-refractivity contribution in [3.05, 3.63) is 68.8 Å². The molecule has 0 aromatic heterocycles. The quantitative estimate of drug-likeness (QED) is 0.542. The lowest BCUT2D eigenvalue weighted by molar-refractivity contribution is 0.983. The van der Waals surface area contributed by atoms with Crippen LogP contribution in [-0.4, -0.2) is 25.5 Å². The van der Waals surface area contributed by atoms with Gasteiger partial charge in [0.1, 0.15) is 0 Å². The molecule has 0 atom stereocenters. The van der Waals surface area contributed by atoms with E-state index < -0.39 is 0 Å². The lowest BCUT2D eigenvalue weighted by Gasteiger charge is -2.07. The van der Waals surface area contributed by atoms with E-state index in [2.05, 4.69) is 75.8 Å². The first-order valence-electron chi connectivity index (χ1n) is 8.54. The molecule has 0 aliphatic heterocycles. The Morgan fingerprint density at radius 3 is 1.17 bits per heavy atom. The topological polar surface area (TPSA) is 24.7 Å². The van der Waals surface area contributed by atoms with Crippen LogP contribution < -0.4 is 0 Å². The Kier molecular flexibility index (Phi) is 6.08. The zero-order valence-electron chi connectivity index (χ0n) is 15.8. The predicted octanol–water partition coefficient (Wildman–Crippen LogP) is 5.08. The first kappa shape index (κ1) is 18.1. The van der Waals surface area contributed by atoms with Crippen LogP contribution in [0.5, 0.6) is 0 Å². The van der Waals surface area contributed by atoms with Gasteiger partial charge in [0, 0.05) is 12.4 Å². The normalized spacial score (nSPS) is 11.8. The van der Waals surface area contributed by atoms with Gasteiger partial charge in [0.05, 0.1) is 13.1 Å². The fraction of sp³-hybridized carbons (Fsp3) is 0.364.